The van der Waals surface area contributed by atoms with Gasteiger partial charge in [0.2, 0.25) is 10.0 Å². The van der Waals surface area contributed by atoms with Crippen molar-refractivity contribution >= 4 is 21.4 Å². The fraction of sp³-hybridized carbons (Fsp3) is 0.385. The van der Waals surface area contributed by atoms with Crippen molar-refractivity contribution in [2.45, 2.75) is 26.7 Å². The summed E-state index contributed by atoms with van der Waals surface area (Å²) in [5, 5.41) is 10.1. The Morgan fingerprint density at radius 1 is 1.43 bits per heavy atom. The lowest BCUT2D eigenvalue weighted by atomic mass is 10.1. The predicted octanol–water partition coefficient (Wildman–Crippen LogP) is 1.29. The van der Waals surface area contributed by atoms with E-state index in [1.54, 1.807) is 0 Å². The van der Waals surface area contributed by atoms with Gasteiger partial charge in [-0.05, 0) is 18.9 Å². The summed E-state index contributed by atoms with van der Waals surface area (Å²) in [6.45, 7) is 5.22. The molecule has 0 atom stereocenters. The summed E-state index contributed by atoms with van der Waals surface area (Å²) < 4.78 is 26.6. The van der Waals surface area contributed by atoms with E-state index >= 15 is 0 Å². The molecule has 8 heteroatoms. The average molecular weight is 311 g/mol. The second-order valence-corrected chi connectivity index (χ2v) is 6.96. The first-order valence-electron chi connectivity index (χ1n) is 6.50. The van der Waals surface area contributed by atoms with Crippen LogP contribution in [-0.2, 0) is 10.0 Å². The van der Waals surface area contributed by atoms with Gasteiger partial charge >= 0.3 is 0 Å². The summed E-state index contributed by atoms with van der Waals surface area (Å²) >= 11 is 0. The minimum atomic E-state index is -3.52. The Morgan fingerprint density at radius 3 is 2.67 bits per heavy atom. The van der Waals surface area contributed by atoms with Crippen LogP contribution in [-0.4, -0.2) is 28.7 Å². The van der Waals surface area contributed by atoms with E-state index in [4.69, 9.17) is 0 Å². The number of nitrogens with one attached hydrogen (secondary N) is 1. The summed E-state index contributed by atoms with van der Waals surface area (Å²) in [6.07, 6.45) is 2.80. The third-order valence-electron chi connectivity index (χ3n) is 3.14. The molecule has 0 spiro atoms. The Morgan fingerprint density at radius 2 is 2.10 bits per heavy atom. The van der Waals surface area contributed by atoms with Gasteiger partial charge in [-0.15, -0.1) is 0 Å². The van der Waals surface area contributed by atoms with Gasteiger partial charge in [0.05, 0.1) is 11.4 Å². The van der Waals surface area contributed by atoms with Crippen LogP contribution in [0.4, 0.5) is 5.69 Å². The van der Waals surface area contributed by atoms with Crippen molar-refractivity contribution < 1.29 is 13.5 Å². The number of anilines is 1. The van der Waals surface area contributed by atoms with E-state index in [0.717, 1.165) is 0 Å². The molecule has 0 unspecified atom stereocenters. The molecule has 0 aliphatic heterocycles. The Balaban J connectivity index is 2.65. The van der Waals surface area contributed by atoms with Crippen LogP contribution >= 0.6 is 0 Å². The standard InChI is InChI=1S/C13H17N3O4S/c1-4-21(19,20)15-10-5-6-16-12(11(10)17)14-7-9(8(2)3)13(16)18/h5-8,15,17H,4H2,1-3H3. The van der Waals surface area contributed by atoms with Gasteiger partial charge in [-0.25, -0.2) is 13.4 Å². The molecular weight excluding hydrogens is 294 g/mol. The van der Waals surface area contributed by atoms with Crippen molar-refractivity contribution in [2.24, 2.45) is 0 Å². The van der Waals surface area contributed by atoms with Crippen LogP contribution in [0.15, 0.2) is 23.3 Å². The largest absolute Gasteiger partial charge is 0.503 e. The van der Waals surface area contributed by atoms with Crippen molar-refractivity contribution in [2.75, 3.05) is 10.5 Å². The maximum atomic E-state index is 12.2. The number of aromatic nitrogens is 2. The molecule has 21 heavy (non-hydrogen) atoms. The average Bonchev–Trinajstić information content (AvgIpc) is 2.42. The van der Waals surface area contributed by atoms with Gasteiger partial charge in [0.15, 0.2) is 11.4 Å². The highest BCUT2D eigenvalue weighted by Gasteiger charge is 2.16. The normalized spacial score (nSPS) is 12.0. The van der Waals surface area contributed by atoms with Crippen molar-refractivity contribution in [3.05, 3.63) is 34.4 Å². The number of pyridine rings is 1. The Labute approximate surface area is 122 Å². The fourth-order valence-corrected chi connectivity index (χ4v) is 2.51. The van der Waals surface area contributed by atoms with Crippen LogP contribution in [0, 0.1) is 0 Å². The Hall–Kier alpha value is -2.09. The molecule has 2 heterocycles. The molecular formula is C13H17N3O4S. The molecule has 0 bridgehead atoms. The lowest BCUT2D eigenvalue weighted by Crippen LogP contribution is -2.21. The SMILES string of the molecule is CCS(=O)(=O)Nc1ccn2c(=O)c(C(C)C)cnc2c1O. The van der Waals surface area contributed by atoms with E-state index in [1.165, 1.54) is 29.8 Å². The van der Waals surface area contributed by atoms with Crippen molar-refractivity contribution in [1.29, 1.82) is 0 Å². The monoisotopic (exact) mass is 311 g/mol. The van der Waals surface area contributed by atoms with Crippen LogP contribution in [0.2, 0.25) is 0 Å². The predicted molar refractivity (Wildman–Crippen MR) is 80.3 cm³/mol. The molecule has 2 aromatic heterocycles. The van der Waals surface area contributed by atoms with Gasteiger partial charge < -0.3 is 5.11 Å². The molecule has 2 rings (SSSR count). The molecule has 0 saturated heterocycles. The summed E-state index contributed by atoms with van der Waals surface area (Å²) in [6, 6.07) is 1.34. The van der Waals surface area contributed by atoms with Crippen LogP contribution in [0.3, 0.4) is 0 Å². The van der Waals surface area contributed by atoms with Crippen LogP contribution in [0.1, 0.15) is 32.3 Å². The highest BCUT2D eigenvalue weighted by molar-refractivity contribution is 7.92. The smallest absolute Gasteiger partial charge is 0.261 e. The lowest BCUT2D eigenvalue weighted by Gasteiger charge is -2.12. The van der Waals surface area contributed by atoms with Gasteiger partial charge in [0.25, 0.3) is 5.56 Å². The second kappa shape index (κ2) is 5.36. The second-order valence-electron chi connectivity index (χ2n) is 4.95. The van der Waals surface area contributed by atoms with Gasteiger partial charge in [0.1, 0.15) is 0 Å². The molecule has 7 nitrogen and oxygen atoms in total. The number of fused-ring (bicyclic) bond motifs is 1. The Bertz CT molecular complexity index is 840. The maximum Gasteiger partial charge on any atom is 0.261 e. The molecule has 2 aromatic rings. The molecule has 0 aliphatic rings. The van der Waals surface area contributed by atoms with Gasteiger partial charge in [-0.2, -0.15) is 0 Å². The molecule has 0 fully saturated rings. The number of hydrogen-bond donors (Lipinski definition) is 2. The summed E-state index contributed by atoms with van der Waals surface area (Å²) in [7, 11) is -3.52. The van der Waals surface area contributed by atoms with Gasteiger partial charge in [-0.3, -0.25) is 13.9 Å². The molecule has 0 amide bonds. The zero-order valence-corrected chi connectivity index (χ0v) is 12.8. The van der Waals surface area contributed by atoms with E-state index in [-0.39, 0.29) is 34.3 Å². The molecule has 2 N–H and O–H groups in total. The van der Waals surface area contributed by atoms with Crippen molar-refractivity contribution in [3.63, 3.8) is 0 Å². The summed E-state index contributed by atoms with van der Waals surface area (Å²) in [5.74, 6) is -0.492. The highest BCUT2D eigenvalue weighted by Crippen LogP contribution is 2.27. The third-order valence-corrected chi connectivity index (χ3v) is 4.44. The summed E-state index contributed by atoms with van der Waals surface area (Å²) in [5.41, 5.74) is 0.255. The first-order valence-corrected chi connectivity index (χ1v) is 8.15. The number of aromatic hydroxyl groups is 1. The lowest BCUT2D eigenvalue weighted by molar-refractivity contribution is 0.479. The Kier molecular flexibility index (Phi) is 3.91. The topological polar surface area (TPSA) is 101 Å². The zero-order chi connectivity index (χ0) is 15.8. The number of hydrogen-bond acceptors (Lipinski definition) is 5. The maximum absolute atomic E-state index is 12.2. The minimum absolute atomic E-state index is 0.000969. The molecule has 0 aliphatic carbocycles. The van der Waals surface area contributed by atoms with E-state index in [2.05, 4.69) is 9.71 Å². The van der Waals surface area contributed by atoms with E-state index in [1.807, 2.05) is 13.8 Å². The first kappa shape index (κ1) is 15.3. The van der Waals surface area contributed by atoms with Crippen LogP contribution in [0.5, 0.6) is 5.75 Å². The minimum Gasteiger partial charge on any atom is -0.503 e. The molecule has 114 valence electrons. The van der Waals surface area contributed by atoms with Gasteiger partial charge in [0, 0.05) is 18.0 Å². The van der Waals surface area contributed by atoms with Crippen molar-refractivity contribution in [1.82, 2.24) is 9.38 Å². The number of nitrogens with zero attached hydrogens (tertiary/aromatic N) is 2. The third kappa shape index (κ3) is 2.85. The number of rotatable bonds is 4. The van der Waals surface area contributed by atoms with E-state index in [0.29, 0.717) is 5.56 Å². The van der Waals surface area contributed by atoms with Crippen molar-refractivity contribution in [3.8, 4) is 5.75 Å². The highest BCUT2D eigenvalue weighted by atomic mass is 32.2. The zero-order valence-electron chi connectivity index (χ0n) is 12.0. The van der Waals surface area contributed by atoms with E-state index < -0.39 is 10.0 Å². The van der Waals surface area contributed by atoms with Crippen LogP contribution < -0.4 is 10.3 Å². The summed E-state index contributed by atoms with van der Waals surface area (Å²) in [4.78, 5) is 16.3. The quantitative estimate of drug-likeness (QED) is 0.886. The molecule has 0 aromatic carbocycles. The first-order chi connectivity index (χ1) is 9.76. The van der Waals surface area contributed by atoms with Gasteiger partial charge in [-0.1, -0.05) is 13.8 Å². The number of sulfonamides is 1. The van der Waals surface area contributed by atoms with Crippen LogP contribution in [0.25, 0.3) is 5.65 Å². The molecule has 0 saturated carbocycles. The fourth-order valence-electron chi connectivity index (χ4n) is 1.86. The van der Waals surface area contributed by atoms with E-state index in [9.17, 15) is 18.3 Å². The molecule has 0 radical (unpaired) electrons.